The van der Waals surface area contributed by atoms with Crippen LogP contribution in [0.1, 0.15) is 39.7 Å². The molecule has 2 heterocycles. The highest BCUT2D eigenvalue weighted by Crippen LogP contribution is 2.31. The number of likely N-dealkylation sites (tertiary alicyclic amines) is 1. The van der Waals surface area contributed by atoms with Gasteiger partial charge in [0.15, 0.2) is 0 Å². The van der Waals surface area contributed by atoms with Gasteiger partial charge >= 0.3 is 11.8 Å². The van der Waals surface area contributed by atoms with Gasteiger partial charge in [-0.15, -0.1) is 0 Å². The molecule has 1 amide bonds. The Bertz CT molecular complexity index is 825. The molecule has 2 aromatic rings. The summed E-state index contributed by atoms with van der Waals surface area (Å²) in [6.45, 7) is 6.47. The summed E-state index contributed by atoms with van der Waals surface area (Å²) in [5, 5.41) is 10.6. The van der Waals surface area contributed by atoms with E-state index in [0.29, 0.717) is 31.6 Å². The van der Waals surface area contributed by atoms with Crippen molar-refractivity contribution in [1.29, 1.82) is 0 Å². The fourth-order valence-electron chi connectivity index (χ4n) is 3.22. The number of imidazole rings is 1. The summed E-state index contributed by atoms with van der Waals surface area (Å²) in [6, 6.07) is 9.09. The highest BCUT2D eigenvalue weighted by molar-refractivity contribution is 5.68. The number of hydrogen-bond donors (Lipinski definition) is 2. The maximum atomic E-state index is 12.4. The number of H-pyrrole nitrogens is 1. The highest BCUT2D eigenvalue weighted by atomic mass is 16.6. The van der Waals surface area contributed by atoms with Crippen LogP contribution >= 0.6 is 0 Å². The lowest BCUT2D eigenvalue weighted by atomic mass is 10.1. The van der Waals surface area contributed by atoms with Crippen LogP contribution in [-0.4, -0.2) is 44.3 Å². The summed E-state index contributed by atoms with van der Waals surface area (Å²) in [6.07, 6.45) is 0.823. The van der Waals surface area contributed by atoms with Crippen LogP contribution in [0.4, 0.5) is 4.79 Å². The van der Waals surface area contributed by atoms with Gasteiger partial charge in [-0.05, 0) is 33.6 Å². The number of carbonyl (C=O) groups excluding carboxylic acids is 1. The summed E-state index contributed by atoms with van der Waals surface area (Å²) in [7, 11) is 0. The second-order valence-electron chi connectivity index (χ2n) is 7.56. The van der Waals surface area contributed by atoms with E-state index < -0.39 is 5.60 Å². The number of amides is 1. The molecule has 26 heavy (non-hydrogen) atoms. The number of rotatable bonds is 2. The lowest BCUT2D eigenvalue weighted by Crippen LogP contribution is -2.43. The van der Waals surface area contributed by atoms with E-state index in [2.05, 4.69) is 4.98 Å². The average Bonchev–Trinajstić information content (AvgIpc) is 2.89. The van der Waals surface area contributed by atoms with Crippen molar-refractivity contribution in [3.8, 4) is 17.1 Å². The van der Waals surface area contributed by atoms with Crippen LogP contribution in [0.15, 0.2) is 35.1 Å². The molecule has 0 bridgehead atoms. The molecule has 7 nitrogen and oxygen atoms in total. The molecule has 0 spiro atoms. The SMILES string of the molecule is CC(C)(C)OC(=O)N1CCC(n2c(O)c(-c3ccccc3)[nH]c2=O)CC1. The standard InChI is InChI=1S/C19H25N3O4/c1-19(2,3)26-18(25)21-11-9-14(10-12-21)22-16(23)15(20-17(22)24)13-7-5-4-6-8-13/h4-8,14,23H,9-12H2,1-3H3,(H,20,24). The molecule has 1 aliphatic heterocycles. The molecule has 3 rings (SSSR count). The second-order valence-corrected chi connectivity index (χ2v) is 7.56. The van der Waals surface area contributed by atoms with E-state index >= 15 is 0 Å². The minimum Gasteiger partial charge on any atom is -0.493 e. The summed E-state index contributed by atoms with van der Waals surface area (Å²) in [4.78, 5) is 28.9. The number of benzene rings is 1. The van der Waals surface area contributed by atoms with Gasteiger partial charge in [-0.2, -0.15) is 0 Å². The normalized spacial score (nSPS) is 15.9. The second kappa shape index (κ2) is 6.90. The Balaban J connectivity index is 1.74. The van der Waals surface area contributed by atoms with Crippen molar-refractivity contribution in [2.75, 3.05) is 13.1 Å². The first kappa shape index (κ1) is 18.1. The van der Waals surface area contributed by atoms with Crippen LogP contribution in [0.25, 0.3) is 11.3 Å². The van der Waals surface area contributed by atoms with Crippen LogP contribution in [0.3, 0.4) is 0 Å². The molecule has 2 N–H and O–H groups in total. The summed E-state index contributed by atoms with van der Waals surface area (Å²) >= 11 is 0. The maximum absolute atomic E-state index is 12.4. The third-order valence-corrected chi connectivity index (χ3v) is 4.45. The fourth-order valence-corrected chi connectivity index (χ4v) is 3.22. The number of nitrogens with zero attached hydrogens (tertiary/aromatic N) is 2. The molecule has 0 unspecified atom stereocenters. The number of aromatic nitrogens is 2. The van der Waals surface area contributed by atoms with Crippen molar-refractivity contribution < 1.29 is 14.6 Å². The maximum Gasteiger partial charge on any atom is 0.410 e. The largest absolute Gasteiger partial charge is 0.493 e. The Morgan fingerprint density at radius 3 is 2.38 bits per heavy atom. The van der Waals surface area contributed by atoms with E-state index in [1.807, 2.05) is 51.1 Å². The third-order valence-electron chi connectivity index (χ3n) is 4.45. The Morgan fingerprint density at radius 1 is 1.19 bits per heavy atom. The fraction of sp³-hybridized carbons (Fsp3) is 0.474. The lowest BCUT2D eigenvalue weighted by molar-refractivity contribution is 0.0186. The van der Waals surface area contributed by atoms with E-state index in [1.165, 1.54) is 4.57 Å². The average molecular weight is 359 g/mol. The van der Waals surface area contributed by atoms with Crippen LogP contribution in [0.2, 0.25) is 0 Å². The molecular formula is C19H25N3O4. The molecule has 140 valence electrons. The van der Waals surface area contributed by atoms with Gasteiger partial charge in [0, 0.05) is 24.7 Å². The van der Waals surface area contributed by atoms with Crippen molar-refractivity contribution in [3.05, 3.63) is 40.8 Å². The first-order valence-corrected chi connectivity index (χ1v) is 8.83. The zero-order valence-corrected chi connectivity index (χ0v) is 15.4. The Labute approximate surface area is 152 Å². The Kier molecular flexibility index (Phi) is 4.80. The van der Waals surface area contributed by atoms with Crippen LogP contribution in [-0.2, 0) is 4.74 Å². The molecule has 1 aromatic carbocycles. The van der Waals surface area contributed by atoms with Crippen molar-refractivity contribution in [2.24, 2.45) is 0 Å². The van der Waals surface area contributed by atoms with Gasteiger partial charge in [0.25, 0.3) is 0 Å². The van der Waals surface area contributed by atoms with Gasteiger partial charge in [-0.3, -0.25) is 4.57 Å². The molecule has 0 saturated carbocycles. The zero-order chi connectivity index (χ0) is 18.9. The van der Waals surface area contributed by atoms with Gasteiger partial charge in [0.1, 0.15) is 11.3 Å². The summed E-state index contributed by atoms with van der Waals surface area (Å²) < 4.78 is 6.79. The van der Waals surface area contributed by atoms with Gasteiger partial charge in [-0.25, -0.2) is 9.59 Å². The van der Waals surface area contributed by atoms with Crippen LogP contribution in [0.5, 0.6) is 5.88 Å². The smallest absolute Gasteiger partial charge is 0.410 e. The van der Waals surface area contributed by atoms with Crippen molar-refractivity contribution in [2.45, 2.75) is 45.3 Å². The van der Waals surface area contributed by atoms with Gasteiger partial charge in [-0.1, -0.05) is 30.3 Å². The van der Waals surface area contributed by atoms with Gasteiger partial charge in [0.05, 0.1) is 0 Å². The number of hydrogen-bond acceptors (Lipinski definition) is 4. The number of ether oxygens (including phenoxy) is 1. The quantitative estimate of drug-likeness (QED) is 0.862. The first-order chi connectivity index (χ1) is 12.3. The Hall–Kier alpha value is -2.70. The molecule has 1 saturated heterocycles. The molecule has 0 atom stereocenters. The minimum absolute atomic E-state index is 0.0584. The number of aromatic hydroxyl groups is 1. The number of nitrogens with one attached hydrogen (secondary N) is 1. The van der Waals surface area contributed by atoms with E-state index in [9.17, 15) is 14.7 Å². The molecular weight excluding hydrogens is 334 g/mol. The molecule has 1 aromatic heterocycles. The highest BCUT2D eigenvalue weighted by Gasteiger charge is 2.30. The molecule has 0 aliphatic carbocycles. The molecule has 1 aliphatic rings. The Morgan fingerprint density at radius 2 is 1.81 bits per heavy atom. The van der Waals surface area contributed by atoms with Crippen molar-refractivity contribution in [3.63, 3.8) is 0 Å². The van der Waals surface area contributed by atoms with Gasteiger partial charge in [0.2, 0.25) is 5.88 Å². The summed E-state index contributed by atoms with van der Waals surface area (Å²) in [5.41, 5.74) is 0.309. The first-order valence-electron chi connectivity index (χ1n) is 8.83. The monoisotopic (exact) mass is 359 g/mol. The van der Waals surface area contributed by atoms with E-state index in [0.717, 1.165) is 5.56 Å². The molecule has 1 fully saturated rings. The van der Waals surface area contributed by atoms with E-state index in [1.54, 1.807) is 4.90 Å². The van der Waals surface area contributed by atoms with E-state index in [4.69, 9.17) is 4.74 Å². The predicted molar refractivity (Wildman–Crippen MR) is 98.2 cm³/mol. The number of aromatic amines is 1. The van der Waals surface area contributed by atoms with Crippen molar-refractivity contribution >= 4 is 6.09 Å². The van der Waals surface area contributed by atoms with Crippen LogP contribution in [0, 0.1) is 0 Å². The predicted octanol–water partition coefficient (Wildman–Crippen LogP) is 3.12. The van der Waals surface area contributed by atoms with Crippen LogP contribution < -0.4 is 5.69 Å². The van der Waals surface area contributed by atoms with Gasteiger partial charge < -0.3 is 19.7 Å². The summed E-state index contributed by atoms with van der Waals surface area (Å²) in [5.74, 6) is -0.0584. The van der Waals surface area contributed by atoms with Crippen molar-refractivity contribution in [1.82, 2.24) is 14.5 Å². The molecule has 7 heteroatoms. The topological polar surface area (TPSA) is 87.6 Å². The third kappa shape index (κ3) is 3.76. The number of piperidine rings is 1. The zero-order valence-electron chi connectivity index (χ0n) is 15.4. The minimum atomic E-state index is -0.533. The number of carbonyl (C=O) groups is 1. The molecule has 0 radical (unpaired) electrons. The lowest BCUT2D eigenvalue weighted by Gasteiger charge is -2.33. The van der Waals surface area contributed by atoms with E-state index in [-0.39, 0.29) is 23.7 Å².